The number of carbonyl (C=O) groups excluding carboxylic acids is 2. The molecule has 0 aliphatic carbocycles. The highest BCUT2D eigenvalue weighted by molar-refractivity contribution is 7.90. The van der Waals surface area contributed by atoms with Gasteiger partial charge in [0.2, 0.25) is 0 Å². The van der Waals surface area contributed by atoms with Gasteiger partial charge in [-0.25, -0.2) is 13.2 Å². The fourth-order valence-electron chi connectivity index (χ4n) is 2.09. The van der Waals surface area contributed by atoms with Gasteiger partial charge in [0.05, 0.1) is 22.1 Å². The molecule has 2 rings (SSSR count). The number of aryl methyl sites for hydroxylation is 1. The minimum absolute atomic E-state index is 0.00270. The maximum atomic E-state index is 12.2. The Morgan fingerprint density at radius 2 is 1.81 bits per heavy atom. The second-order valence-electron chi connectivity index (χ2n) is 5.56. The number of hydrogen-bond acceptors (Lipinski definition) is 6. The minimum Gasteiger partial charge on any atom is -0.452 e. The van der Waals surface area contributed by atoms with Crippen LogP contribution in [0.4, 0.5) is 5.69 Å². The molecule has 7 nitrogen and oxygen atoms in total. The number of amides is 1. The molecule has 0 bridgehead atoms. The van der Waals surface area contributed by atoms with Crippen molar-refractivity contribution < 1.29 is 22.7 Å². The number of carbonyl (C=O) groups is 2. The molecule has 0 aromatic heterocycles. The summed E-state index contributed by atoms with van der Waals surface area (Å²) in [6.45, 7) is 1.11. The number of nitrogens with one attached hydrogen (secondary N) is 1. The van der Waals surface area contributed by atoms with Gasteiger partial charge < -0.3 is 10.1 Å². The average Bonchev–Trinajstić information content (AvgIpc) is 2.59. The minimum atomic E-state index is -3.46. The number of nitrogens with zero attached hydrogens (tertiary/aromatic N) is 1. The smallest absolute Gasteiger partial charge is 0.338 e. The average molecular weight is 372 g/mol. The van der Waals surface area contributed by atoms with E-state index in [4.69, 9.17) is 10.00 Å². The number of hydrogen-bond donors (Lipinski definition) is 1. The van der Waals surface area contributed by atoms with Gasteiger partial charge in [0, 0.05) is 11.9 Å². The van der Waals surface area contributed by atoms with Crippen LogP contribution in [-0.2, 0) is 19.4 Å². The van der Waals surface area contributed by atoms with Crippen LogP contribution in [0.2, 0.25) is 0 Å². The number of ether oxygens (including phenoxy) is 1. The predicted molar refractivity (Wildman–Crippen MR) is 94.4 cm³/mol. The fourth-order valence-corrected chi connectivity index (χ4v) is 2.73. The molecule has 0 saturated heterocycles. The Morgan fingerprint density at radius 1 is 1.15 bits per heavy atom. The van der Waals surface area contributed by atoms with E-state index in [1.54, 1.807) is 31.2 Å². The Bertz CT molecular complexity index is 989. The molecule has 0 aliphatic rings. The SMILES string of the molecule is Cc1ccc(S(C)(=O)=O)cc1C(=O)OCC(=O)Nc1ccc(C#N)cc1. The van der Waals surface area contributed by atoms with E-state index in [0.717, 1.165) is 6.26 Å². The van der Waals surface area contributed by atoms with Gasteiger partial charge in [-0.1, -0.05) is 6.07 Å². The molecule has 134 valence electrons. The monoisotopic (exact) mass is 372 g/mol. The van der Waals surface area contributed by atoms with Crippen molar-refractivity contribution in [3.63, 3.8) is 0 Å². The van der Waals surface area contributed by atoms with Crippen molar-refractivity contribution in [1.29, 1.82) is 5.26 Å². The summed E-state index contributed by atoms with van der Waals surface area (Å²) in [6, 6.07) is 12.3. The van der Waals surface area contributed by atoms with Crippen molar-refractivity contribution >= 4 is 27.4 Å². The topological polar surface area (TPSA) is 113 Å². The molecule has 0 radical (unpaired) electrons. The van der Waals surface area contributed by atoms with Crippen molar-refractivity contribution in [2.24, 2.45) is 0 Å². The zero-order valence-electron chi connectivity index (χ0n) is 14.1. The first-order valence-electron chi connectivity index (χ1n) is 7.48. The van der Waals surface area contributed by atoms with E-state index in [2.05, 4.69) is 5.32 Å². The van der Waals surface area contributed by atoms with E-state index in [1.807, 2.05) is 6.07 Å². The molecule has 0 aliphatic heterocycles. The van der Waals surface area contributed by atoms with E-state index < -0.39 is 28.3 Å². The van der Waals surface area contributed by atoms with Crippen molar-refractivity contribution in [2.45, 2.75) is 11.8 Å². The van der Waals surface area contributed by atoms with E-state index >= 15 is 0 Å². The second-order valence-corrected chi connectivity index (χ2v) is 7.58. The summed E-state index contributed by atoms with van der Waals surface area (Å²) in [6.07, 6.45) is 1.04. The molecule has 0 fully saturated rings. The molecule has 8 heteroatoms. The number of esters is 1. The van der Waals surface area contributed by atoms with Gasteiger partial charge in [0.25, 0.3) is 5.91 Å². The summed E-state index contributed by atoms with van der Waals surface area (Å²) in [5.74, 6) is -1.34. The van der Waals surface area contributed by atoms with Crippen molar-refractivity contribution in [1.82, 2.24) is 0 Å². The molecule has 0 spiro atoms. The molecule has 0 atom stereocenters. The van der Waals surface area contributed by atoms with Crippen molar-refractivity contribution in [2.75, 3.05) is 18.2 Å². The third kappa shape index (κ3) is 4.91. The normalized spacial score (nSPS) is 10.7. The summed E-state index contributed by atoms with van der Waals surface area (Å²) >= 11 is 0. The zero-order chi connectivity index (χ0) is 19.3. The number of anilines is 1. The van der Waals surface area contributed by atoms with Gasteiger partial charge in [-0.15, -0.1) is 0 Å². The standard InChI is InChI=1S/C18H16N2O5S/c1-12-3-8-15(26(2,23)24)9-16(12)18(22)25-11-17(21)20-14-6-4-13(10-19)5-7-14/h3-9H,11H2,1-2H3,(H,20,21). The van der Waals surface area contributed by atoms with Gasteiger partial charge in [0.1, 0.15) is 0 Å². The molecule has 1 amide bonds. The van der Waals surface area contributed by atoms with Crippen LogP contribution in [0.15, 0.2) is 47.4 Å². The zero-order valence-corrected chi connectivity index (χ0v) is 15.0. The van der Waals surface area contributed by atoms with E-state index in [9.17, 15) is 18.0 Å². The van der Waals surface area contributed by atoms with Crippen LogP contribution in [0.1, 0.15) is 21.5 Å². The van der Waals surface area contributed by atoms with Gasteiger partial charge in [0.15, 0.2) is 16.4 Å². The molecule has 26 heavy (non-hydrogen) atoms. The van der Waals surface area contributed by atoms with Crippen LogP contribution in [0.5, 0.6) is 0 Å². The van der Waals surface area contributed by atoms with Gasteiger partial charge in [-0.2, -0.15) is 5.26 Å². The lowest BCUT2D eigenvalue weighted by atomic mass is 10.1. The third-order valence-corrected chi connectivity index (χ3v) is 4.60. The summed E-state index contributed by atoms with van der Waals surface area (Å²) < 4.78 is 28.2. The van der Waals surface area contributed by atoms with E-state index in [0.29, 0.717) is 16.8 Å². The van der Waals surface area contributed by atoms with Gasteiger partial charge >= 0.3 is 5.97 Å². The predicted octanol–water partition coefficient (Wildman–Crippen LogP) is 2.07. The number of nitriles is 1. The molecule has 0 saturated carbocycles. The van der Waals surface area contributed by atoms with Crippen LogP contribution < -0.4 is 5.32 Å². The lowest BCUT2D eigenvalue weighted by Gasteiger charge is -2.09. The molecular formula is C18H16N2O5S. The summed E-state index contributed by atoms with van der Waals surface area (Å²) in [7, 11) is -3.46. The summed E-state index contributed by atoms with van der Waals surface area (Å²) in [5.41, 5.74) is 1.53. The number of sulfone groups is 1. The quantitative estimate of drug-likeness (QED) is 0.804. The van der Waals surface area contributed by atoms with Crippen LogP contribution in [0, 0.1) is 18.3 Å². The van der Waals surface area contributed by atoms with Crippen LogP contribution in [0.25, 0.3) is 0 Å². The van der Waals surface area contributed by atoms with Crippen LogP contribution >= 0.6 is 0 Å². The molecule has 0 unspecified atom stereocenters. The maximum absolute atomic E-state index is 12.2. The Morgan fingerprint density at radius 3 is 2.38 bits per heavy atom. The van der Waals surface area contributed by atoms with Crippen molar-refractivity contribution in [3.8, 4) is 6.07 Å². The first kappa shape index (κ1) is 19.1. The Balaban J connectivity index is 2.01. The second kappa shape index (κ2) is 7.80. The van der Waals surface area contributed by atoms with Crippen molar-refractivity contribution in [3.05, 3.63) is 59.2 Å². The lowest BCUT2D eigenvalue weighted by Crippen LogP contribution is -2.21. The largest absolute Gasteiger partial charge is 0.452 e. The van der Waals surface area contributed by atoms with Crippen LogP contribution in [0.3, 0.4) is 0 Å². The highest BCUT2D eigenvalue weighted by Crippen LogP contribution is 2.16. The summed E-state index contributed by atoms with van der Waals surface area (Å²) in [4.78, 5) is 24.0. The number of rotatable bonds is 5. The first-order valence-corrected chi connectivity index (χ1v) is 9.37. The molecule has 1 N–H and O–H groups in total. The molecule has 2 aromatic carbocycles. The maximum Gasteiger partial charge on any atom is 0.338 e. The summed E-state index contributed by atoms with van der Waals surface area (Å²) in [5, 5.41) is 11.3. The molecule has 2 aromatic rings. The lowest BCUT2D eigenvalue weighted by molar-refractivity contribution is -0.119. The number of benzene rings is 2. The highest BCUT2D eigenvalue weighted by atomic mass is 32.2. The van der Waals surface area contributed by atoms with E-state index in [-0.39, 0.29) is 10.5 Å². The van der Waals surface area contributed by atoms with Crippen LogP contribution in [-0.4, -0.2) is 33.2 Å². The molecule has 0 heterocycles. The highest BCUT2D eigenvalue weighted by Gasteiger charge is 2.16. The Labute approximate surface area is 151 Å². The first-order chi connectivity index (χ1) is 12.2. The van der Waals surface area contributed by atoms with Gasteiger partial charge in [-0.3, -0.25) is 4.79 Å². The van der Waals surface area contributed by atoms with Gasteiger partial charge in [-0.05, 0) is 48.9 Å². The Hall–Kier alpha value is -3.18. The third-order valence-electron chi connectivity index (χ3n) is 3.49. The molecular weight excluding hydrogens is 356 g/mol. The van der Waals surface area contributed by atoms with E-state index in [1.165, 1.54) is 18.2 Å². The fraction of sp³-hybridized carbons (Fsp3) is 0.167. The Kier molecular flexibility index (Phi) is 5.75.